The topological polar surface area (TPSA) is 222 Å². The first-order valence-corrected chi connectivity index (χ1v) is 20.2. The van der Waals surface area contributed by atoms with Crippen LogP contribution in [0.4, 0.5) is 18.0 Å². The van der Waals surface area contributed by atoms with Crippen LogP contribution in [0.3, 0.4) is 0 Å². The second-order valence-corrected chi connectivity index (χ2v) is 15.7. The summed E-state index contributed by atoms with van der Waals surface area (Å²) in [5.74, 6) is -4.01. The number of benzene rings is 2. The van der Waals surface area contributed by atoms with Crippen LogP contribution in [0.15, 0.2) is 67.3 Å². The second-order valence-electron chi connectivity index (χ2n) is 12.8. The monoisotopic (exact) mass is 867 g/mol. The van der Waals surface area contributed by atoms with Gasteiger partial charge < -0.3 is 38.4 Å². The van der Waals surface area contributed by atoms with E-state index in [0.29, 0.717) is 6.07 Å². The fraction of sp³-hybridized carbons (Fsp3) is 0.405. The molecule has 0 aliphatic carbocycles. The Kier molecular flexibility index (Phi) is 17.2. The molecule has 3 atom stereocenters. The first kappa shape index (κ1) is 46.6. The van der Waals surface area contributed by atoms with Gasteiger partial charge in [-0.2, -0.15) is 10.4 Å². The van der Waals surface area contributed by atoms with E-state index in [4.69, 9.17) is 38.7 Å². The van der Waals surface area contributed by atoms with Gasteiger partial charge in [-0.3, -0.25) is 14.1 Å². The van der Waals surface area contributed by atoms with Crippen molar-refractivity contribution in [2.75, 3.05) is 33.4 Å². The van der Waals surface area contributed by atoms with E-state index < -0.39 is 85.0 Å². The van der Waals surface area contributed by atoms with Crippen molar-refractivity contribution >= 4 is 43.7 Å². The molecule has 318 valence electrons. The smallest absolute Gasteiger partial charge is 0.425 e. The third-order valence-electron chi connectivity index (χ3n) is 8.46. The minimum atomic E-state index is -4.72. The number of allylic oxidation sites excluding steroid dienone is 2. The number of esters is 1. The summed E-state index contributed by atoms with van der Waals surface area (Å²) in [6, 6.07) is 8.70. The van der Waals surface area contributed by atoms with Gasteiger partial charge in [0.1, 0.15) is 30.1 Å². The largest absolute Gasteiger partial charge is 0.512 e. The maximum absolute atomic E-state index is 15.7. The molecule has 0 bridgehead atoms. The molecule has 2 heterocycles. The summed E-state index contributed by atoms with van der Waals surface area (Å²) in [4.78, 5) is 60.9. The van der Waals surface area contributed by atoms with Crippen LogP contribution in [-0.2, 0) is 54.5 Å². The number of carbonyl (C=O) groups is 3. The minimum absolute atomic E-state index is 0.125. The molecule has 0 saturated carbocycles. The lowest BCUT2D eigenvalue weighted by molar-refractivity contribution is -0.172. The molecule has 59 heavy (non-hydrogen) atoms. The number of ether oxygens (including phenoxy) is 5. The number of amides is 1. The third kappa shape index (κ3) is 14.6. The summed E-state index contributed by atoms with van der Waals surface area (Å²) in [7, 11) is -3.39. The van der Waals surface area contributed by atoms with E-state index in [-0.39, 0.29) is 49.4 Å². The fourth-order valence-electron chi connectivity index (χ4n) is 5.52. The zero-order chi connectivity index (χ0) is 43.2. The number of rotatable bonds is 19. The number of aromatic nitrogens is 3. The van der Waals surface area contributed by atoms with Gasteiger partial charge in [-0.25, -0.2) is 32.2 Å². The van der Waals surface area contributed by atoms with Crippen LogP contribution in [0.2, 0.25) is 0 Å². The number of thioether (sulfide) groups is 1. The molecule has 17 nitrogen and oxygen atoms in total. The van der Waals surface area contributed by atoms with Crippen LogP contribution in [-0.4, -0.2) is 104 Å². The molecule has 2 N–H and O–H groups in total. The molecule has 1 aliphatic rings. The van der Waals surface area contributed by atoms with E-state index in [9.17, 15) is 27.7 Å². The summed E-state index contributed by atoms with van der Waals surface area (Å²) >= 11 is 1.20. The average Bonchev–Trinajstić information content (AvgIpc) is 3.68. The highest BCUT2D eigenvalue weighted by molar-refractivity contribution is 8.00. The highest BCUT2D eigenvalue weighted by Crippen LogP contribution is 2.42. The minimum Gasteiger partial charge on any atom is -0.425 e. The van der Waals surface area contributed by atoms with Crippen LogP contribution >= 0.6 is 19.6 Å². The Labute approximate surface area is 340 Å². The van der Waals surface area contributed by atoms with Crippen molar-refractivity contribution in [1.82, 2.24) is 19.7 Å². The molecule has 1 aliphatic heterocycles. The Balaban J connectivity index is 1.42. The van der Waals surface area contributed by atoms with Gasteiger partial charge in [0.25, 0.3) is 0 Å². The van der Waals surface area contributed by atoms with Crippen molar-refractivity contribution in [1.29, 1.82) is 5.26 Å². The number of phosphoric ester groups is 1. The van der Waals surface area contributed by atoms with E-state index in [2.05, 4.69) is 14.6 Å². The zero-order valence-electron chi connectivity index (χ0n) is 31.9. The maximum atomic E-state index is 15.7. The fourth-order valence-corrected chi connectivity index (χ4v) is 7.20. The lowest BCUT2D eigenvalue weighted by atomic mass is 9.89. The molecule has 1 saturated heterocycles. The molecule has 22 heteroatoms. The average molecular weight is 868 g/mol. The third-order valence-corrected chi connectivity index (χ3v) is 10.4. The lowest BCUT2D eigenvalue weighted by Crippen LogP contribution is -2.47. The van der Waals surface area contributed by atoms with Crippen LogP contribution < -0.4 is 0 Å². The number of phosphoric acid groups is 1. The first-order chi connectivity index (χ1) is 28.0. The number of hydrogen-bond acceptors (Lipinski definition) is 14. The Bertz CT molecular complexity index is 2060. The number of carbonyl (C=O) groups excluding carboxylic acids is 3. The van der Waals surface area contributed by atoms with Gasteiger partial charge in [0.05, 0.1) is 49.7 Å². The molecule has 1 amide bonds. The van der Waals surface area contributed by atoms with Crippen LogP contribution in [0.1, 0.15) is 43.4 Å². The predicted octanol–water partition coefficient (Wildman–Crippen LogP) is 4.99. The van der Waals surface area contributed by atoms with Gasteiger partial charge in [-0.05, 0) is 37.3 Å². The van der Waals surface area contributed by atoms with Crippen molar-refractivity contribution in [3.63, 3.8) is 0 Å². The van der Waals surface area contributed by atoms with Crippen molar-refractivity contribution in [3.05, 3.63) is 101 Å². The Morgan fingerprint density at radius 3 is 2.49 bits per heavy atom. The van der Waals surface area contributed by atoms with E-state index in [1.54, 1.807) is 25.2 Å². The second kappa shape index (κ2) is 21.8. The van der Waals surface area contributed by atoms with E-state index in [1.807, 2.05) is 6.07 Å². The van der Waals surface area contributed by atoms with Crippen molar-refractivity contribution in [3.8, 4) is 6.07 Å². The normalized spacial score (nSPS) is 17.8. The Morgan fingerprint density at radius 2 is 1.85 bits per heavy atom. The van der Waals surface area contributed by atoms with Crippen molar-refractivity contribution < 1.29 is 70.1 Å². The molecular formula is C37H41F3N5O12PS. The summed E-state index contributed by atoms with van der Waals surface area (Å²) < 4.78 is 88.5. The SMILES string of the molecule is CC(OC(=O)CCC(=O)N(C)CCOP(=O)(O)O)OC(=O)O[C@@](Cn1cncn1)(c1ccc(F)cc1F)[C@@H](C)SC1COC(/C=C/C=C/c2ccc(C#N)cc2F)OC1. The molecule has 1 unspecified atom stereocenters. The van der Waals surface area contributed by atoms with Crippen molar-refractivity contribution in [2.45, 2.75) is 61.9 Å². The highest BCUT2D eigenvalue weighted by Gasteiger charge is 2.47. The summed E-state index contributed by atoms with van der Waals surface area (Å²) in [5, 5.41) is 11.7. The van der Waals surface area contributed by atoms with Crippen LogP contribution in [0.5, 0.6) is 0 Å². The molecule has 3 aromatic rings. The summed E-state index contributed by atoms with van der Waals surface area (Å²) in [6.07, 6.45) is 4.25. The zero-order valence-corrected chi connectivity index (χ0v) is 33.6. The number of likely N-dealkylation sites (N-methyl/N-ethyl adjacent to an activating group) is 1. The molecule has 4 rings (SSSR count). The van der Waals surface area contributed by atoms with Gasteiger partial charge >= 0.3 is 19.9 Å². The molecule has 0 spiro atoms. The van der Waals surface area contributed by atoms with Gasteiger partial charge in [0.15, 0.2) is 11.9 Å². The summed E-state index contributed by atoms with van der Waals surface area (Å²) in [5.41, 5.74) is -1.74. The molecule has 2 aromatic carbocycles. The number of hydrogen-bond donors (Lipinski definition) is 2. The predicted molar refractivity (Wildman–Crippen MR) is 202 cm³/mol. The van der Waals surface area contributed by atoms with Crippen LogP contribution in [0, 0.1) is 28.8 Å². The van der Waals surface area contributed by atoms with Gasteiger partial charge in [-0.1, -0.05) is 24.3 Å². The standard InChI is InChI=1S/C37H41F3N5O12PS/c1-24(59-29-19-52-35(53-20-29)7-5-4-6-27-9-8-26(18-41)16-31(27)39)37(21-45-23-42-22-43-45,30-11-10-28(38)17-32(30)40)57-36(48)56-25(2)55-34(47)13-12-33(46)44(3)14-15-54-58(49,50)51/h4-11,16-17,22-25,29,35H,12-15,19-21H2,1-3H3,(H2,49,50,51)/b6-4+,7-5+/t24-,25?,29?,35?,37-/m1/s1. The lowest BCUT2D eigenvalue weighted by Gasteiger charge is -2.40. The number of nitriles is 1. The van der Waals surface area contributed by atoms with Crippen molar-refractivity contribution in [2.24, 2.45) is 0 Å². The van der Waals surface area contributed by atoms with E-state index >= 15 is 4.39 Å². The van der Waals surface area contributed by atoms with Gasteiger partial charge in [0, 0.05) is 49.4 Å². The first-order valence-electron chi connectivity index (χ1n) is 17.7. The molecule has 1 fully saturated rings. The Hall–Kier alpha value is -5.07. The highest BCUT2D eigenvalue weighted by atomic mass is 32.2. The Morgan fingerprint density at radius 1 is 1.10 bits per heavy atom. The summed E-state index contributed by atoms with van der Waals surface area (Å²) in [6.45, 7) is 2.12. The van der Waals surface area contributed by atoms with Gasteiger partial charge in [-0.15, -0.1) is 11.8 Å². The number of nitrogens with zero attached hydrogens (tertiary/aromatic N) is 5. The quantitative estimate of drug-likeness (QED) is 0.0702. The van der Waals surface area contributed by atoms with Crippen LogP contribution in [0.25, 0.3) is 6.08 Å². The van der Waals surface area contributed by atoms with E-state index in [0.717, 1.165) is 23.1 Å². The van der Waals surface area contributed by atoms with E-state index in [1.165, 1.54) is 61.3 Å². The molecular weight excluding hydrogens is 826 g/mol. The molecule has 1 aromatic heterocycles. The van der Waals surface area contributed by atoms with Gasteiger partial charge in [0.2, 0.25) is 12.2 Å². The molecule has 0 radical (unpaired) electrons. The number of halogens is 3. The maximum Gasteiger partial charge on any atom is 0.512 e.